The van der Waals surface area contributed by atoms with Crippen molar-refractivity contribution in [2.75, 3.05) is 0 Å². The minimum Gasteiger partial charge on any atom is -0.0771 e. The number of rotatable bonds is 4. The molecular weight excluding hydrogens is 144 g/mol. The van der Waals surface area contributed by atoms with Gasteiger partial charge in [0, 0.05) is 0 Å². The van der Waals surface area contributed by atoms with Gasteiger partial charge in [0.1, 0.15) is 0 Å². The first-order valence-corrected chi connectivity index (χ1v) is 5.13. The quantitative estimate of drug-likeness (QED) is 0.590. The van der Waals surface area contributed by atoms with Gasteiger partial charge in [-0.1, -0.05) is 51.0 Å². The second-order valence-electron chi connectivity index (χ2n) is 4.03. The number of unbranched alkanes of at least 4 members (excludes halogenated alkanes) is 1. The summed E-state index contributed by atoms with van der Waals surface area (Å²) < 4.78 is 0. The van der Waals surface area contributed by atoms with Crippen LogP contribution in [0.1, 0.15) is 40.0 Å². The average Bonchev–Trinajstić information content (AvgIpc) is 2.48. The van der Waals surface area contributed by atoms with Crippen LogP contribution in [-0.2, 0) is 0 Å². The van der Waals surface area contributed by atoms with Gasteiger partial charge in [-0.05, 0) is 24.7 Å². The summed E-state index contributed by atoms with van der Waals surface area (Å²) in [4.78, 5) is 0. The predicted octanol–water partition coefficient (Wildman–Crippen LogP) is 3.95. The van der Waals surface area contributed by atoms with Crippen molar-refractivity contribution in [3.05, 3.63) is 23.8 Å². The highest BCUT2D eigenvalue weighted by Crippen LogP contribution is 2.25. The van der Waals surface area contributed by atoms with Gasteiger partial charge in [-0.3, -0.25) is 0 Å². The lowest BCUT2D eigenvalue weighted by Gasteiger charge is -2.08. The molecule has 1 rings (SSSR count). The fourth-order valence-electron chi connectivity index (χ4n) is 1.56. The first-order valence-electron chi connectivity index (χ1n) is 5.13. The van der Waals surface area contributed by atoms with Gasteiger partial charge in [-0.15, -0.1) is 0 Å². The van der Waals surface area contributed by atoms with E-state index in [-0.39, 0.29) is 0 Å². The van der Waals surface area contributed by atoms with Crippen molar-refractivity contribution in [2.24, 2.45) is 11.8 Å². The third kappa shape index (κ3) is 2.51. The van der Waals surface area contributed by atoms with Crippen LogP contribution in [0.15, 0.2) is 23.8 Å². The SMILES string of the molecule is CCCCC1=CC(C(C)C)C=C1. The molecule has 68 valence electrons. The maximum Gasteiger partial charge on any atom is -0.00214 e. The van der Waals surface area contributed by atoms with E-state index in [0.29, 0.717) is 5.92 Å². The maximum atomic E-state index is 2.43. The summed E-state index contributed by atoms with van der Waals surface area (Å²) in [6.07, 6.45) is 11.0. The lowest BCUT2D eigenvalue weighted by atomic mass is 9.97. The van der Waals surface area contributed by atoms with E-state index in [0.717, 1.165) is 5.92 Å². The zero-order chi connectivity index (χ0) is 8.97. The highest BCUT2D eigenvalue weighted by Gasteiger charge is 2.11. The molecular formula is C12H20. The topological polar surface area (TPSA) is 0 Å². The second-order valence-corrected chi connectivity index (χ2v) is 4.03. The molecule has 0 heterocycles. The van der Waals surface area contributed by atoms with E-state index in [1.54, 1.807) is 5.57 Å². The molecule has 0 bridgehead atoms. The molecule has 0 amide bonds. The fraction of sp³-hybridized carbons (Fsp3) is 0.667. The van der Waals surface area contributed by atoms with Gasteiger partial charge in [0.15, 0.2) is 0 Å². The van der Waals surface area contributed by atoms with Gasteiger partial charge in [-0.25, -0.2) is 0 Å². The molecule has 1 atom stereocenters. The lowest BCUT2D eigenvalue weighted by Crippen LogP contribution is -1.98. The van der Waals surface area contributed by atoms with E-state index in [1.165, 1.54) is 19.3 Å². The van der Waals surface area contributed by atoms with Crippen molar-refractivity contribution in [1.29, 1.82) is 0 Å². The first kappa shape index (κ1) is 9.57. The summed E-state index contributed by atoms with van der Waals surface area (Å²) in [6, 6.07) is 0. The van der Waals surface area contributed by atoms with Crippen LogP contribution in [0.4, 0.5) is 0 Å². The molecule has 1 unspecified atom stereocenters. The minimum atomic E-state index is 0.705. The van der Waals surface area contributed by atoms with Crippen molar-refractivity contribution in [2.45, 2.75) is 40.0 Å². The molecule has 0 aliphatic heterocycles. The van der Waals surface area contributed by atoms with E-state index < -0.39 is 0 Å². The van der Waals surface area contributed by atoms with E-state index in [9.17, 15) is 0 Å². The smallest absolute Gasteiger partial charge is 0.00214 e. The molecule has 0 spiro atoms. The largest absolute Gasteiger partial charge is 0.0771 e. The Morgan fingerprint density at radius 1 is 1.42 bits per heavy atom. The molecule has 0 heteroatoms. The highest BCUT2D eigenvalue weighted by molar-refractivity contribution is 5.29. The summed E-state index contributed by atoms with van der Waals surface area (Å²) in [7, 11) is 0. The van der Waals surface area contributed by atoms with Gasteiger partial charge in [0.25, 0.3) is 0 Å². The van der Waals surface area contributed by atoms with E-state index >= 15 is 0 Å². The van der Waals surface area contributed by atoms with Crippen LogP contribution in [-0.4, -0.2) is 0 Å². The zero-order valence-electron chi connectivity index (χ0n) is 8.51. The van der Waals surface area contributed by atoms with Crippen molar-refractivity contribution in [1.82, 2.24) is 0 Å². The molecule has 1 aliphatic rings. The monoisotopic (exact) mass is 164 g/mol. The van der Waals surface area contributed by atoms with Crippen LogP contribution in [0.25, 0.3) is 0 Å². The van der Waals surface area contributed by atoms with Gasteiger partial charge in [-0.2, -0.15) is 0 Å². The Morgan fingerprint density at radius 3 is 2.67 bits per heavy atom. The molecule has 0 aromatic heterocycles. The van der Waals surface area contributed by atoms with Crippen LogP contribution in [0.5, 0.6) is 0 Å². The van der Waals surface area contributed by atoms with Crippen LogP contribution in [0.2, 0.25) is 0 Å². The Morgan fingerprint density at radius 2 is 2.17 bits per heavy atom. The third-order valence-electron chi connectivity index (χ3n) is 2.53. The fourth-order valence-corrected chi connectivity index (χ4v) is 1.56. The molecule has 0 fully saturated rings. The average molecular weight is 164 g/mol. The van der Waals surface area contributed by atoms with Crippen LogP contribution >= 0.6 is 0 Å². The molecule has 0 saturated heterocycles. The normalized spacial score (nSPS) is 22.0. The van der Waals surface area contributed by atoms with Crippen LogP contribution in [0.3, 0.4) is 0 Å². The number of hydrogen-bond acceptors (Lipinski definition) is 0. The zero-order valence-corrected chi connectivity index (χ0v) is 8.51. The Balaban J connectivity index is 2.39. The second kappa shape index (κ2) is 4.49. The summed E-state index contributed by atoms with van der Waals surface area (Å²) in [5.41, 5.74) is 1.55. The van der Waals surface area contributed by atoms with Crippen molar-refractivity contribution in [3.8, 4) is 0 Å². The van der Waals surface area contributed by atoms with Crippen LogP contribution < -0.4 is 0 Å². The molecule has 0 N–H and O–H groups in total. The summed E-state index contributed by atoms with van der Waals surface area (Å²) in [6.45, 7) is 6.82. The van der Waals surface area contributed by atoms with Gasteiger partial charge in [0.05, 0.1) is 0 Å². The van der Waals surface area contributed by atoms with Gasteiger partial charge < -0.3 is 0 Å². The Kier molecular flexibility index (Phi) is 3.58. The predicted molar refractivity (Wildman–Crippen MR) is 55.1 cm³/mol. The summed E-state index contributed by atoms with van der Waals surface area (Å²) >= 11 is 0. The summed E-state index contributed by atoms with van der Waals surface area (Å²) in [5.74, 6) is 1.47. The third-order valence-corrected chi connectivity index (χ3v) is 2.53. The van der Waals surface area contributed by atoms with E-state index in [2.05, 4.69) is 39.0 Å². The maximum absolute atomic E-state index is 2.43. The minimum absolute atomic E-state index is 0.705. The Labute approximate surface area is 76.4 Å². The highest BCUT2D eigenvalue weighted by atomic mass is 14.2. The van der Waals surface area contributed by atoms with E-state index in [4.69, 9.17) is 0 Å². The van der Waals surface area contributed by atoms with Gasteiger partial charge >= 0.3 is 0 Å². The van der Waals surface area contributed by atoms with Gasteiger partial charge in [0.2, 0.25) is 0 Å². The molecule has 12 heavy (non-hydrogen) atoms. The molecule has 0 saturated carbocycles. The van der Waals surface area contributed by atoms with E-state index in [1.807, 2.05) is 0 Å². The molecule has 0 radical (unpaired) electrons. The Bertz CT molecular complexity index is 184. The van der Waals surface area contributed by atoms with Crippen molar-refractivity contribution in [3.63, 3.8) is 0 Å². The molecule has 1 aliphatic carbocycles. The molecule has 0 aromatic rings. The number of hydrogen-bond donors (Lipinski definition) is 0. The van der Waals surface area contributed by atoms with Crippen molar-refractivity contribution < 1.29 is 0 Å². The lowest BCUT2D eigenvalue weighted by molar-refractivity contribution is 0.554. The first-order chi connectivity index (χ1) is 5.74. The number of allylic oxidation sites excluding steroid dienone is 4. The Hall–Kier alpha value is -0.520. The standard InChI is InChI=1S/C12H20/c1-4-5-6-11-7-8-12(9-11)10(2)3/h7-10,12H,4-6H2,1-3H3. The van der Waals surface area contributed by atoms with Crippen molar-refractivity contribution >= 4 is 0 Å². The summed E-state index contributed by atoms with van der Waals surface area (Å²) in [5, 5.41) is 0. The molecule has 0 nitrogen and oxygen atoms in total. The van der Waals surface area contributed by atoms with Crippen LogP contribution in [0, 0.1) is 11.8 Å². The molecule has 0 aromatic carbocycles.